The fourth-order valence-corrected chi connectivity index (χ4v) is 6.96. The molecule has 0 amide bonds. The summed E-state index contributed by atoms with van der Waals surface area (Å²) in [7, 11) is 1.35. The van der Waals surface area contributed by atoms with Crippen molar-refractivity contribution < 1.29 is 53.8 Å². The third-order valence-corrected chi connectivity index (χ3v) is 9.42. The van der Waals surface area contributed by atoms with Gasteiger partial charge in [0.05, 0.1) is 42.1 Å². The number of aliphatic hydroxyl groups excluding tert-OH is 1. The quantitative estimate of drug-likeness (QED) is 0.247. The smallest absolute Gasteiger partial charge is 0.202 e. The van der Waals surface area contributed by atoms with Crippen LogP contribution in [0.1, 0.15) is 88.6 Å². The van der Waals surface area contributed by atoms with E-state index in [2.05, 4.69) is 5.32 Å². The van der Waals surface area contributed by atoms with Crippen LogP contribution in [0.2, 0.25) is 0 Å². The Morgan fingerprint density at radius 3 is 2.42 bits per heavy atom. The largest absolute Gasteiger partial charge is 0.507 e. The first-order chi connectivity index (χ1) is 20.9. The Hall–Kier alpha value is -3.10. The number of ketones is 3. The molecule has 5 N–H and O–H groups in total. The molecule has 0 bridgehead atoms. The number of phenols is 2. The van der Waals surface area contributed by atoms with Crippen molar-refractivity contribution in [2.24, 2.45) is 0 Å². The lowest BCUT2D eigenvalue weighted by atomic mass is 9.72. The van der Waals surface area contributed by atoms with Gasteiger partial charge in [-0.2, -0.15) is 0 Å². The Bertz CT molecular complexity index is 1520. The molecule has 244 valence electrons. The maximum Gasteiger partial charge on any atom is 0.202 e. The molecule has 0 saturated carbocycles. The summed E-state index contributed by atoms with van der Waals surface area (Å²) in [5, 5.41) is 49.0. The third kappa shape index (κ3) is 5.62. The number of rotatable bonds is 6. The van der Waals surface area contributed by atoms with Crippen molar-refractivity contribution in [1.29, 1.82) is 0 Å². The molecule has 13 heteroatoms. The number of phenolic OH excluding ortho intramolecular Hbond substituents is 2. The van der Waals surface area contributed by atoms with Gasteiger partial charge in [0.25, 0.3) is 0 Å². The van der Waals surface area contributed by atoms with Crippen molar-refractivity contribution in [3.8, 4) is 17.2 Å². The molecular formula is C32H38ClNO11. The van der Waals surface area contributed by atoms with Crippen molar-refractivity contribution >= 4 is 29.8 Å². The summed E-state index contributed by atoms with van der Waals surface area (Å²) >= 11 is 0. The van der Waals surface area contributed by atoms with Gasteiger partial charge >= 0.3 is 0 Å². The molecule has 6 rings (SSSR count). The highest BCUT2D eigenvalue weighted by molar-refractivity contribution is 6.31. The predicted octanol–water partition coefficient (Wildman–Crippen LogP) is 2.26. The number of hydrogen-bond acceptors (Lipinski definition) is 12. The Labute approximate surface area is 266 Å². The second-order valence-corrected chi connectivity index (χ2v) is 12.1. The van der Waals surface area contributed by atoms with E-state index in [1.165, 1.54) is 32.2 Å². The first-order valence-electron chi connectivity index (χ1n) is 14.9. The summed E-state index contributed by atoms with van der Waals surface area (Å²) < 4.78 is 23.1. The molecule has 0 radical (unpaired) electrons. The number of nitrogens with one attached hydrogen (secondary N) is 1. The summed E-state index contributed by atoms with van der Waals surface area (Å²) in [6.45, 7) is 4.13. The van der Waals surface area contributed by atoms with Gasteiger partial charge in [-0.3, -0.25) is 14.4 Å². The molecule has 6 unspecified atom stereocenters. The molecule has 2 aliphatic carbocycles. The lowest BCUT2D eigenvalue weighted by Gasteiger charge is -2.43. The zero-order valence-corrected chi connectivity index (χ0v) is 26.0. The number of fused-ring (bicyclic) bond motifs is 3. The number of aromatic hydroxyl groups is 2. The van der Waals surface area contributed by atoms with Crippen LogP contribution in [-0.4, -0.2) is 94.3 Å². The molecular weight excluding hydrogens is 610 g/mol. The second-order valence-electron chi connectivity index (χ2n) is 12.1. The molecule has 2 aliphatic heterocycles. The summed E-state index contributed by atoms with van der Waals surface area (Å²) in [6.07, 6.45) is -2.61. The molecule has 6 atom stereocenters. The fourth-order valence-electron chi connectivity index (χ4n) is 6.96. The number of carbonyl (C=O) groups excluding carboxylic acids is 3. The van der Waals surface area contributed by atoms with Crippen molar-refractivity contribution in [1.82, 2.24) is 5.32 Å². The van der Waals surface area contributed by atoms with Gasteiger partial charge < -0.3 is 44.7 Å². The highest BCUT2D eigenvalue weighted by Crippen LogP contribution is 2.52. The first kappa shape index (κ1) is 33.3. The minimum absolute atomic E-state index is 0. The number of benzene rings is 2. The van der Waals surface area contributed by atoms with Crippen LogP contribution in [0.15, 0.2) is 18.2 Å². The number of aliphatic hydroxyl groups is 2. The standard InChI is InChI=1S/C32H37NO11.ClH/c1-14-27(35)19(33-16-7-9-42-10-8-16)11-22(43-14)44-21-13-32(40,15(2)34)12-18-24(21)31(39)26-25(29(18)37)28(36)17-5-4-6-20(41-3)23(17)30(26)38;/h4-6,14,16,19,21-22,27,33,35,37,39-40H,7-13H2,1-3H3;1H. The fraction of sp³-hybridized carbons (Fsp3) is 0.531. The highest BCUT2D eigenvalue weighted by Gasteiger charge is 2.49. The average molecular weight is 648 g/mol. The molecule has 2 saturated heterocycles. The Morgan fingerprint density at radius 1 is 1.07 bits per heavy atom. The molecule has 2 heterocycles. The van der Waals surface area contributed by atoms with Crippen molar-refractivity contribution in [3.05, 3.63) is 51.6 Å². The van der Waals surface area contributed by atoms with Crippen LogP contribution in [0.4, 0.5) is 0 Å². The number of methoxy groups -OCH3 is 1. The molecule has 0 aromatic heterocycles. The maximum atomic E-state index is 13.8. The summed E-state index contributed by atoms with van der Waals surface area (Å²) in [5.41, 5.74) is -2.95. The van der Waals surface area contributed by atoms with Gasteiger partial charge in [-0.25, -0.2) is 0 Å². The van der Waals surface area contributed by atoms with Crippen molar-refractivity contribution in [2.75, 3.05) is 20.3 Å². The number of halogens is 1. The third-order valence-electron chi connectivity index (χ3n) is 9.42. The topological polar surface area (TPSA) is 181 Å². The Morgan fingerprint density at radius 2 is 1.76 bits per heavy atom. The summed E-state index contributed by atoms with van der Waals surface area (Å²) in [5.74, 6) is -3.09. The molecule has 0 spiro atoms. The lowest BCUT2D eigenvalue weighted by molar-refractivity contribution is -0.250. The van der Waals surface area contributed by atoms with E-state index in [-0.39, 0.29) is 59.3 Å². The molecule has 4 aliphatic rings. The zero-order chi connectivity index (χ0) is 31.5. The zero-order valence-electron chi connectivity index (χ0n) is 25.2. The van der Waals surface area contributed by atoms with Gasteiger partial charge in [-0.15, -0.1) is 12.4 Å². The molecule has 2 fully saturated rings. The lowest BCUT2D eigenvalue weighted by Crippen LogP contribution is -2.57. The van der Waals surface area contributed by atoms with Gasteiger partial charge in [0.1, 0.15) is 22.8 Å². The number of ether oxygens (including phenoxy) is 4. The van der Waals surface area contributed by atoms with Gasteiger partial charge in [0.2, 0.25) is 5.78 Å². The van der Waals surface area contributed by atoms with E-state index < -0.39 is 82.6 Å². The molecule has 2 aromatic carbocycles. The number of Topliss-reactive ketones (excluding diaryl/α,β-unsaturated/α-hetero) is 1. The Kier molecular flexibility index (Phi) is 9.31. The molecule has 12 nitrogen and oxygen atoms in total. The van der Waals surface area contributed by atoms with E-state index in [1.807, 2.05) is 0 Å². The van der Waals surface area contributed by atoms with Crippen LogP contribution >= 0.6 is 12.4 Å². The second kappa shape index (κ2) is 12.6. The summed E-state index contributed by atoms with van der Waals surface area (Å²) in [4.78, 5) is 40.2. The van der Waals surface area contributed by atoms with E-state index in [9.17, 15) is 34.8 Å². The number of hydrogen-bond donors (Lipinski definition) is 5. The van der Waals surface area contributed by atoms with E-state index in [0.29, 0.717) is 13.2 Å². The molecule has 2 aromatic rings. The van der Waals surface area contributed by atoms with E-state index in [4.69, 9.17) is 18.9 Å². The van der Waals surface area contributed by atoms with Crippen molar-refractivity contribution in [2.45, 2.75) is 88.2 Å². The van der Waals surface area contributed by atoms with Gasteiger partial charge in [0, 0.05) is 61.3 Å². The van der Waals surface area contributed by atoms with E-state index in [1.54, 1.807) is 6.92 Å². The van der Waals surface area contributed by atoms with Crippen molar-refractivity contribution in [3.63, 3.8) is 0 Å². The SMILES string of the molecule is COc1cccc2c1C(=O)c1c(O)c3c(c(O)c1C2=O)CC(O)(C(C)=O)CC3OC1CC(NC2CCOCC2)C(O)C(C)O1.Cl. The van der Waals surface area contributed by atoms with Crippen LogP contribution in [0.5, 0.6) is 17.2 Å². The van der Waals surface area contributed by atoms with Crippen LogP contribution < -0.4 is 10.1 Å². The highest BCUT2D eigenvalue weighted by atomic mass is 35.5. The minimum atomic E-state index is -2.00. The normalized spacial score (nSPS) is 29.7. The van der Waals surface area contributed by atoms with Gasteiger partial charge in [-0.1, -0.05) is 12.1 Å². The number of carbonyl (C=O) groups is 3. The molecule has 45 heavy (non-hydrogen) atoms. The van der Waals surface area contributed by atoms with Crippen LogP contribution in [0, 0.1) is 0 Å². The average Bonchev–Trinajstić information content (AvgIpc) is 3.00. The minimum Gasteiger partial charge on any atom is -0.507 e. The monoisotopic (exact) mass is 647 g/mol. The summed E-state index contributed by atoms with van der Waals surface area (Å²) in [6, 6.07) is 4.20. The van der Waals surface area contributed by atoms with Crippen LogP contribution in [-0.2, 0) is 25.4 Å². The van der Waals surface area contributed by atoms with Crippen LogP contribution in [0.3, 0.4) is 0 Å². The van der Waals surface area contributed by atoms with E-state index >= 15 is 0 Å². The Balaban J connectivity index is 0.00000400. The maximum absolute atomic E-state index is 13.8. The predicted molar refractivity (Wildman–Crippen MR) is 160 cm³/mol. The van der Waals surface area contributed by atoms with Crippen LogP contribution in [0.25, 0.3) is 0 Å². The first-order valence-corrected chi connectivity index (χ1v) is 14.9. The van der Waals surface area contributed by atoms with Gasteiger partial charge in [0.15, 0.2) is 17.9 Å². The van der Waals surface area contributed by atoms with Gasteiger partial charge in [-0.05, 0) is 32.8 Å². The van der Waals surface area contributed by atoms with E-state index in [0.717, 1.165) is 12.8 Å².